The third-order valence-electron chi connectivity index (χ3n) is 8.67. The van der Waals surface area contributed by atoms with Crippen LogP contribution in [0.25, 0.3) is 0 Å². The molecular formula is C31H40BrN3O4S2. The standard InChI is InChI=1S/C31H40BrN3O4S2/c32-28-10-6-9-27(21-28)24-35(29-11-4-5-12-29)40(36,37)30-13-17-31(18-14-30,22-25-7-2-1-3-8-25)41(38,39)34-23-26-15-19-33-20-16-26/h1-3,6-10,13-14,17,21,26,29,33-34H,4-5,11-12,15-16,18-20,22-24H2. The number of sulfonamides is 2. The molecule has 2 fully saturated rings. The van der Waals surface area contributed by atoms with E-state index in [1.165, 1.54) is 6.08 Å². The Bertz CT molecular complexity index is 1470. The van der Waals surface area contributed by atoms with E-state index < -0.39 is 24.8 Å². The summed E-state index contributed by atoms with van der Waals surface area (Å²) in [6, 6.07) is 17.2. The van der Waals surface area contributed by atoms with Crippen LogP contribution in [0.4, 0.5) is 0 Å². The molecule has 10 heteroatoms. The molecule has 2 aliphatic carbocycles. The number of halogens is 1. The van der Waals surface area contributed by atoms with Gasteiger partial charge in [-0.05, 0) is 86.9 Å². The van der Waals surface area contributed by atoms with Gasteiger partial charge in [-0.25, -0.2) is 21.6 Å². The largest absolute Gasteiger partial charge is 0.317 e. The molecule has 1 unspecified atom stereocenters. The van der Waals surface area contributed by atoms with Crippen LogP contribution in [0.5, 0.6) is 0 Å². The maximum Gasteiger partial charge on any atom is 0.243 e. The summed E-state index contributed by atoms with van der Waals surface area (Å²) >= 11 is 3.50. The average Bonchev–Trinajstić information content (AvgIpc) is 3.51. The minimum Gasteiger partial charge on any atom is -0.317 e. The molecular weight excluding hydrogens is 622 g/mol. The maximum absolute atomic E-state index is 14.1. The van der Waals surface area contributed by atoms with Crippen LogP contribution in [0.3, 0.4) is 0 Å². The van der Waals surface area contributed by atoms with Crippen LogP contribution in [-0.4, -0.2) is 51.6 Å². The topological polar surface area (TPSA) is 95.6 Å². The number of nitrogens with zero attached hydrogens (tertiary/aromatic N) is 1. The molecule has 1 saturated heterocycles. The van der Waals surface area contributed by atoms with Crippen molar-refractivity contribution in [1.82, 2.24) is 14.3 Å². The van der Waals surface area contributed by atoms with Crippen LogP contribution in [0.2, 0.25) is 0 Å². The molecule has 2 aromatic carbocycles. The smallest absolute Gasteiger partial charge is 0.243 e. The summed E-state index contributed by atoms with van der Waals surface area (Å²) < 4.78 is 60.4. The number of rotatable bonds is 11. The van der Waals surface area contributed by atoms with Gasteiger partial charge in [-0.15, -0.1) is 0 Å². The zero-order valence-corrected chi connectivity index (χ0v) is 26.6. The molecule has 0 amide bonds. The first-order valence-electron chi connectivity index (χ1n) is 14.6. The third kappa shape index (κ3) is 7.22. The second kappa shape index (κ2) is 13.2. The molecule has 0 aromatic heterocycles. The van der Waals surface area contributed by atoms with E-state index in [-0.39, 0.29) is 36.3 Å². The molecule has 0 spiro atoms. The van der Waals surface area contributed by atoms with Gasteiger partial charge in [-0.1, -0.05) is 83.4 Å². The number of allylic oxidation sites excluding steroid dienone is 2. The quantitative estimate of drug-likeness (QED) is 0.342. The van der Waals surface area contributed by atoms with Gasteiger partial charge in [-0.3, -0.25) is 0 Å². The zero-order valence-electron chi connectivity index (χ0n) is 23.3. The van der Waals surface area contributed by atoms with Crippen molar-refractivity contribution >= 4 is 36.0 Å². The zero-order chi connectivity index (χ0) is 28.9. The van der Waals surface area contributed by atoms with Gasteiger partial charge in [-0.2, -0.15) is 4.31 Å². The first-order chi connectivity index (χ1) is 19.7. The summed E-state index contributed by atoms with van der Waals surface area (Å²) in [5, 5.41) is 3.32. The molecule has 7 nitrogen and oxygen atoms in total. The van der Waals surface area contributed by atoms with Crippen LogP contribution in [0.1, 0.15) is 56.1 Å². The highest BCUT2D eigenvalue weighted by molar-refractivity contribution is 9.10. The van der Waals surface area contributed by atoms with Crippen LogP contribution < -0.4 is 10.0 Å². The van der Waals surface area contributed by atoms with E-state index in [4.69, 9.17) is 0 Å². The molecule has 1 atom stereocenters. The van der Waals surface area contributed by atoms with E-state index in [0.717, 1.165) is 67.2 Å². The van der Waals surface area contributed by atoms with E-state index in [9.17, 15) is 16.8 Å². The molecule has 41 heavy (non-hydrogen) atoms. The van der Waals surface area contributed by atoms with Crippen LogP contribution in [0.15, 0.2) is 82.2 Å². The molecule has 1 saturated carbocycles. The predicted molar refractivity (Wildman–Crippen MR) is 168 cm³/mol. The Balaban J connectivity index is 1.42. The number of piperidine rings is 1. The fraction of sp³-hybridized carbons (Fsp3) is 0.484. The summed E-state index contributed by atoms with van der Waals surface area (Å²) in [5.74, 6) is 0.289. The molecule has 0 radical (unpaired) electrons. The Kier molecular flexibility index (Phi) is 9.88. The van der Waals surface area contributed by atoms with Gasteiger partial charge in [0.25, 0.3) is 0 Å². The van der Waals surface area contributed by atoms with Crippen LogP contribution >= 0.6 is 15.9 Å². The average molecular weight is 663 g/mol. The summed E-state index contributed by atoms with van der Waals surface area (Å²) in [6.45, 7) is 2.46. The highest BCUT2D eigenvalue weighted by Gasteiger charge is 2.44. The number of hydrogen-bond acceptors (Lipinski definition) is 5. The Labute approximate surface area is 253 Å². The lowest BCUT2D eigenvalue weighted by Crippen LogP contribution is -2.49. The monoisotopic (exact) mass is 661 g/mol. The Morgan fingerprint density at radius 2 is 1.63 bits per heavy atom. The molecule has 5 rings (SSSR count). The lowest BCUT2D eigenvalue weighted by Gasteiger charge is -2.35. The number of benzene rings is 2. The van der Waals surface area contributed by atoms with Crippen LogP contribution in [0, 0.1) is 5.92 Å². The normalized spacial score (nSPS) is 22.7. The van der Waals surface area contributed by atoms with Crippen molar-refractivity contribution in [3.63, 3.8) is 0 Å². The molecule has 1 heterocycles. The first-order valence-corrected chi connectivity index (χ1v) is 18.3. The molecule has 2 aromatic rings. The fourth-order valence-electron chi connectivity index (χ4n) is 6.21. The number of nitrogens with one attached hydrogen (secondary N) is 2. The van der Waals surface area contributed by atoms with Gasteiger partial charge in [0, 0.05) is 23.6 Å². The van der Waals surface area contributed by atoms with Crippen molar-refractivity contribution in [2.24, 2.45) is 5.92 Å². The Morgan fingerprint density at radius 1 is 0.927 bits per heavy atom. The molecule has 222 valence electrons. The van der Waals surface area contributed by atoms with Gasteiger partial charge >= 0.3 is 0 Å². The molecule has 2 N–H and O–H groups in total. The van der Waals surface area contributed by atoms with Gasteiger partial charge < -0.3 is 5.32 Å². The van der Waals surface area contributed by atoms with Crippen molar-refractivity contribution in [3.05, 3.63) is 93.3 Å². The first kappa shape index (κ1) is 30.6. The molecule has 0 bridgehead atoms. The minimum atomic E-state index is -3.85. The summed E-state index contributed by atoms with van der Waals surface area (Å²) in [4.78, 5) is 0.177. The van der Waals surface area contributed by atoms with Crippen LogP contribution in [-0.2, 0) is 33.0 Å². The predicted octanol–water partition coefficient (Wildman–Crippen LogP) is 5.27. The van der Waals surface area contributed by atoms with E-state index in [1.54, 1.807) is 16.5 Å². The summed E-state index contributed by atoms with van der Waals surface area (Å²) in [6.07, 6.45) is 10.7. The molecule has 3 aliphatic rings. The summed E-state index contributed by atoms with van der Waals surface area (Å²) in [5.41, 5.74) is 1.81. The highest BCUT2D eigenvalue weighted by atomic mass is 79.9. The second-order valence-electron chi connectivity index (χ2n) is 11.5. The maximum atomic E-state index is 14.1. The van der Waals surface area contributed by atoms with Crippen molar-refractivity contribution in [2.75, 3.05) is 19.6 Å². The lowest BCUT2D eigenvalue weighted by atomic mass is 9.92. The van der Waals surface area contributed by atoms with Gasteiger partial charge in [0.05, 0.1) is 4.91 Å². The fourth-order valence-corrected chi connectivity index (χ4v) is 10.0. The minimum absolute atomic E-state index is 0.0698. The van der Waals surface area contributed by atoms with Crippen molar-refractivity contribution in [3.8, 4) is 0 Å². The SMILES string of the molecule is O=S(=O)(C1=CCC(Cc2ccccc2)(S(=O)(=O)NCC2CCNCC2)C=C1)N(Cc1cccc(Br)c1)C1CCCC1. The number of hydrogen-bond donors (Lipinski definition) is 2. The summed E-state index contributed by atoms with van der Waals surface area (Å²) in [7, 11) is -7.66. The second-order valence-corrected chi connectivity index (χ2v) is 16.4. The Hall–Kier alpha value is -1.82. The lowest BCUT2D eigenvalue weighted by molar-refractivity contribution is 0.319. The third-order valence-corrected chi connectivity index (χ3v) is 13.2. The van der Waals surface area contributed by atoms with E-state index in [2.05, 4.69) is 26.0 Å². The highest BCUT2D eigenvalue weighted by Crippen LogP contribution is 2.37. The van der Waals surface area contributed by atoms with Crippen molar-refractivity contribution in [2.45, 2.75) is 68.7 Å². The van der Waals surface area contributed by atoms with E-state index in [1.807, 2.05) is 54.6 Å². The van der Waals surface area contributed by atoms with Gasteiger partial charge in [0.15, 0.2) is 0 Å². The van der Waals surface area contributed by atoms with Gasteiger partial charge in [0.2, 0.25) is 20.0 Å². The van der Waals surface area contributed by atoms with Gasteiger partial charge in [0.1, 0.15) is 4.75 Å². The molecule has 1 aliphatic heterocycles. The van der Waals surface area contributed by atoms with Crippen molar-refractivity contribution in [1.29, 1.82) is 0 Å². The van der Waals surface area contributed by atoms with Crippen molar-refractivity contribution < 1.29 is 16.8 Å². The van der Waals surface area contributed by atoms with E-state index in [0.29, 0.717) is 6.54 Å². The Morgan fingerprint density at radius 3 is 2.29 bits per heavy atom. The van der Waals surface area contributed by atoms with E-state index >= 15 is 0 Å².